The number of aliphatic hydroxyl groups is 3. The summed E-state index contributed by atoms with van der Waals surface area (Å²) in [7, 11) is 0. The molecule has 0 aliphatic heterocycles. The van der Waals surface area contributed by atoms with Crippen LogP contribution in [-0.2, 0) is 14.4 Å². The molecule has 0 heterocycles. The van der Waals surface area contributed by atoms with E-state index in [2.05, 4.69) is 0 Å². The Morgan fingerprint density at radius 1 is 0.972 bits per heavy atom. The number of hydrogen-bond acceptors (Lipinski definition) is 6. The molecule has 0 aromatic rings. The van der Waals surface area contributed by atoms with E-state index in [9.17, 15) is 29.7 Å². The highest BCUT2D eigenvalue weighted by Gasteiger charge is 2.69. The molecule has 2 saturated carbocycles. The second kappa shape index (κ2) is 9.36. The van der Waals surface area contributed by atoms with E-state index in [0.717, 1.165) is 11.1 Å². The van der Waals surface area contributed by atoms with Crippen LogP contribution in [0.4, 0.5) is 0 Å². The van der Waals surface area contributed by atoms with Crippen LogP contribution >= 0.6 is 0 Å². The van der Waals surface area contributed by atoms with Crippen molar-refractivity contribution in [2.75, 3.05) is 0 Å². The minimum Gasteiger partial charge on any atom is -0.510 e. The molecule has 0 saturated heterocycles. The Bertz CT molecular complexity index is 1030. The first-order valence-corrected chi connectivity index (χ1v) is 13.2. The van der Waals surface area contributed by atoms with Crippen LogP contribution in [0.2, 0.25) is 0 Å². The third-order valence-electron chi connectivity index (χ3n) is 8.98. The summed E-state index contributed by atoms with van der Waals surface area (Å²) in [5.41, 5.74) is -4.13. The molecular formula is C30H44O6. The number of hydrogen-bond donors (Lipinski definition) is 3. The van der Waals surface area contributed by atoms with Gasteiger partial charge in [-0.1, -0.05) is 37.1 Å². The van der Waals surface area contributed by atoms with Gasteiger partial charge in [0.05, 0.1) is 16.6 Å². The van der Waals surface area contributed by atoms with Gasteiger partial charge >= 0.3 is 0 Å². The number of carbonyl (C=O) groups excluding carboxylic acids is 3. The monoisotopic (exact) mass is 500 g/mol. The van der Waals surface area contributed by atoms with Crippen LogP contribution in [0.25, 0.3) is 0 Å². The van der Waals surface area contributed by atoms with Crippen molar-refractivity contribution in [2.24, 2.45) is 28.6 Å². The predicted octanol–water partition coefficient (Wildman–Crippen LogP) is 5.18. The SMILES string of the molecule is CC(C)=CCC1(CC=C(C)C)C(=O)C(C(=O)C(C)C)=C(O)[C@]2(C[C@H]3[C@@H](CC[C@@]3(C)O)[C@@](C)(O)C2)C1=O. The maximum absolute atomic E-state index is 14.7. The maximum atomic E-state index is 14.7. The van der Waals surface area contributed by atoms with Crippen LogP contribution < -0.4 is 0 Å². The Hall–Kier alpha value is -2.05. The second-order valence-electron chi connectivity index (χ2n) is 12.9. The molecular weight excluding hydrogens is 456 g/mol. The van der Waals surface area contributed by atoms with Crippen LogP contribution in [0.1, 0.15) is 93.9 Å². The average Bonchev–Trinajstić information content (AvgIpc) is 3.07. The summed E-state index contributed by atoms with van der Waals surface area (Å²) in [5.74, 6) is -3.36. The third kappa shape index (κ3) is 4.45. The fourth-order valence-corrected chi connectivity index (χ4v) is 6.90. The lowest BCUT2D eigenvalue weighted by Crippen LogP contribution is -2.62. The summed E-state index contributed by atoms with van der Waals surface area (Å²) in [5, 5.41) is 34.6. The normalized spacial score (nSPS) is 35.8. The van der Waals surface area contributed by atoms with E-state index >= 15 is 0 Å². The molecule has 3 N–H and O–H groups in total. The Balaban J connectivity index is 2.37. The molecule has 0 bridgehead atoms. The number of ketones is 3. The van der Waals surface area contributed by atoms with Gasteiger partial charge in [0.15, 0.2) is 17.3 Å². The molecule has 1 spiro atoms. The fourth-order valence-electron chi connectivity index (χ4n) is 6.90. The molecule has 0 aromatic carbocycles. The zero-order valence-corrected chi connectivity index (χ0v) is 23.2. The molecule has 3 rings (SSSR count). The largest absolute Gasteiger partial charge is 0.510 e. The van der Waals surface area contributed by atoms with Gasteiger partial charge in [-0.25, -0.2) is 0 Å². The average molecular weight is 501 g/mol. The lowest BCUT2D eigenvalue weighted by Gasteiger charge is -2.55. The van der Waals surface area contributed by atoms with E-state index < -0.39 is 57.0 Å². The molecule has 200 valence electrons. The van der Waals surface area contributed by atoms with Crippen molar-refractivity contribution in [3.8, 4) is 0 Å². The Morgan fingerprint density at radius 3 is 1.97 bits per heavy atom. The molecule has 0 radical (unpaired) electrons. The van der Waals surface area contributed by atoms with Crippen LogP contribution in [-0.4, -0.2) is 43.9 Å². The lowest BCUT2D eigenvalue weighted by molar-refractivity contribution is -0.168. The topological polar surface area (TPSA) is 112 Å². The minimum absolute atomic E-state index is 0.0878. The van der Waals surface area contributed by atoms with Gasteiger partial charge in [0.1, 0.15) is 16.7 Å². The number of aliphatic hydroxyl groups excluding tert-OH is 1. The molecule has 0 unspecified atom stereocenters. The molecule has 3 aliphatic rings. The van der Waals surface area contributed by atoms with Crippen molar-refractivity contribution in [2.45, 2.75) is 105 Å². The van der Waals surface area contributed by atoms with Crippen LogP contribution in [0, 0.1) is 28.6 Å². The first kappa shape index (κ1) is 28.5. The maximum Gasteiger partial charge on any atom is 0.184 e. The van der Waals surface area contributed by atoms with Crippen molar-refractivity contribution in [3.05, 3.63) is 34.6 Å². The predicted molar refractivity (Wildman–Crippen MR) is 139 cm³/mol. The fraction of sp³-hybridized carbons (Fsp3) is 0.700. The molecule has 5 atom stereocenters. The smallest absolute Gasteiger partial charge is 0.184 e. The standard InChI is InChI=1S/C30H44O6/c1-17(2)9-13-29(14-10-18(3)4)24(32)22(23(31)19(5)6)25(33)30(26(29)34)15-21-20(28(8,36)16-30)11-12-27(21,7)35/h9-10,19-21,33,35-36H,11-16H2,1-8H3/t20-,21+,27-,28+,30-/m1/s1. The van der Waals surface area contributed by atoms with E-state index in [4.69, 9.17) is 0 Å². The summed E-state index contributed by atoms with van der Waals surface area (Å²) in [4.78, 5) is 42.3. The Kier molecular flexibility index (Phi) is 7.41. The highest BCUT2D eigenvalue weighted by molar-refractivity contribution is 6.31. The van der Waals surface area contributed by atoms with E-state index in [1.165, 1.54) is 0 Å². The molecule has 36 heavy (non-hydrogen) atoms. The number of Topliss-reactive ketones (excluding diaryl/α,β-unsaturated/α-hetero) is 3. The van der Waals surface area contributed by atoms with Gasteiger partial charge in [-0.3, -0.25) is 14.4 Å². The zero-order valence-electron chi connectivity index (χ0n) is 23.2. The van der Waals surface area contributed by atoms with Crippen molar-refractivity contribution in [1.82, 2.24) is 0 Å². The molecule has 6 heteroatoms. The second-order valence-corrected chi connectivity index (χ2v) is 12.9. The molecule has 0 aromatic heterocycles. The third-order valence-corrected chi connectivity index (χ3v) is 8.98. The van der Waals surface area contributed by atoms with Gasteiger partial charge in [0.25, 0.3) is 0 Å². The van der Waals surface area contributed by atoms with E-state index in [-0.39, 0.29) is 37.2 Å². The summed E-state index contributed by atoms with van der Waals surface area (Å²) < 4.78 is 0. The number of allylic oxidation sites excluding steroid dienone is 6. The molecule has 6 nitrogen and oxygen atoms in total. The Labute approximate surface area is 215 Å². The first-order valence-electron chi connectivity index (χ1n) is 13.2. The van der Waals surface area contributed by atoms with Gasteiger partial charge in [-0.2, -0.15) is 0 Å². The van der Waals surface area contributed by atoms with Crippen LogP contribution in [0.15, 0.2) is 34.6 Å². The molecule has 3 aliphatic carbocycles. The number of fused-ring (bicyclic) bond motifs is 1. The summed E-state index contributed by atoms with van der Waals surface area (Å²) in [6.07, 6.45) is 4.99. The van der Waals surface area contributed by atoms with Crippen molar-refractivity contribution >= 4 is 17.3 Å². The highest BCUT2D eigenvalue weighted by Crippen LogP contribution is 2.63. The summed E-state index contributed by atoms with van der Waals surface area (Å²) in [6.45, 7) is 14.3. The molecule has 0 amide bonds. The first-order chi connectivity index (χ1) is 16.4. The number of rotatable bonds is 6. The zero-order chi connectivity index (χ0) is 27.4. The Morgan fingerprint density at radius 2 is 1.50 bits per heavy atom. The van der Waals surface area contributed by atoms with Crippen molar-refractivity contribution < 1.29 is 29.7 Å². The van der Waals surface area contributed by atoms with E-state index in [1.807, 2.05) is 39.8 Å². The summed E-state index contributed by atoms with van der Waals surface area (Å²) in [6, 6.07) is 0. The minimum atomic E-state index is -1.63. The van der Waals surface area contributed by atoms with E-state index in [1.54, 1.807) is 27.7 Å². The quantitative estimate of drug-likeness (QED) is 0.263. The summed E-state index contributed by atoms with van der Waals surface area (Å²) >= 11 is 0. The lowest BCUT2D eigenvalue weighted by atomic mass is 9.48. The van der Waals surface area contributed by atoms with Gasteiger partial charge in [-0.15, -0.1) is 0 Å². The van der Waals surface area contributed by atoms with Crippen LogP contribution in [0.5, 0.6) is 0 Å². The van der Waals surface area contributed by atoms with E-state index in [0.29, 0.717) is 12.8 Å². The highest BCUT2D eigenvalue weighted by atomic mass is 16.3. The van der Waals surface area contributed by atoms with Crippen molar-refractivity contribution in [1.29, 1.82) is 0 Å². The molecule has 2 fully saturated rings. The van der Waals surface area contributed by atoms with Gasteiger partial charge in [-0.05, 0) is 91.9 Å². The van der Waals surface area contributed by atoms with Crippen LogP contribution in [0.3, 0.4) is 0 Å². The van der Waals surface area contributed by atoms with Gasteiger partial charge < -0.3 is 15.3 Å². The van der Waals surface area contributed by atoms with Gasteiger partial charge in [0, 0.05) is 5.92 Å². The van der Waals surface area contributed by atoms with Gasteiger partial charge in [0.2, 0.25) is 0 Å². The van der Waals surface area contributed by atoms with Crippen molar-refractivity contribution in [3.63, 3.8) is 0 Å². The number of carbonyl (C=O) groups is 3.